The van der Waals surface area contributed by atoms with Crippen molar-refractivity contribution in [3.05, 3.63) is 64.7 Å². The maximum absolute atomic E-state index is 13.7. The molecule has 0 aromatic heterocycles. The Bertz CT molecular complexity index is 1180. The topological polar surface area (TPSA) is 83.1 Å². The maximum Gasteiger partial charge on any atom is 0.318 e. The Morgan fingerprint density at radius 1 is 1.19 bits per heavy atom. The summed E-state index contributed by atoms with van der Waals surface area (Å²) in [7, 11) is 1.60. The molecule has 2 aromatic rings. The highest BCUT2D eigenvalue weighted by Crippen LogP contribution is 2.56. The average molecular weight is 491 g/mol. The molecule has 2 aromatic carbocycles. The number of anilines is 1. The van der Waals surface area contributed by atoms with Crippen molar-refractivity contribution in [2.45, 2.75) is 70.4 Å². The lowest BCUT2D eigenvalue weighted by Crippen LogP contribution is -2.59. The number of hydrogen-bond donors (Lipinski definition) is 2. The minimum absolute atomic E-state index is 0.122. The zero-order chi connectivity index (χ0) is 25.0. The number of urea groups is 1. The molecular weight excluding hydrogens is 456 g/mol. The lowest BCUT2D eigenvalue weighted by atomic mass is 9.93. The Morgan fingerprint density at radius 2 is 1.97 bits per heavy atom. The van der Waals surface area contributed by atoms with E-state index in [1.807, 2.05) is 23.1 Å². The molecule has 3 amide bonds. The summed E-state index contributed by atoms with van der Waals surface area (Å²) in [4.78, 5) is 29.5. The van der Waals surface area contributed by atoms with E-state index in [2.05, 4.69) is 53.6 Å². The minimum Gasteiger partial charge on any atom is -0.341 e. The molecule has 5 aliphatic rings. The van der Waals surface area contributed by atoms with E-state index in [4.69, 9.17) is 9.47 Å². The van der Waals surface area contributed by atoms with E-state index >= 15 is 0 Å². The van der Waals surface area contributed by atoms with E-state index in [0.717, 1.165) is 35.2 Å². The van der Waals surface area contributed by atoms with Crippen molar-refractivity contribution in [1.29, 1.82) is 0 Å². The van der Waals surface area contributed by atoms with Gasteiger partial charge in [-0.3, -0.25) is 4.79 Å². The summed E-state index contributed by atoms with van der Waals surface area (Å²) >= 11 is 0. The first-order valence-corrected chi connectivity index (χ1v) is 12.9. The minimum atomic E-state index is -0.560. The summed E-state index contributed by atoms with van der Waals surface area (Å²) in [5, 5.41) is 5.41. The number of ether oxygens (including phenoxy) is 2. The summed E-state index contributed by atoms with van der Waals surface area (Å²) in [5.74, 6) is 0.711. The van der Waals surface area contributed by atoms with Crippen molar-refractivity contribution in [2.24, 2.45) is 5.92 Å². The molecule has 3 aliphatic heterocycles. The van der Waals surface area contributed by atoms with Crippen LogP contribution in [-0.4, -0.2) is 54.0 Å². The van der Waals surface area contributed by atoms with Crippen molar-refractivity contribution in [3.8, 4) is 0 Å². The second kappa shape index (κ2) is 8.87. The fourth-order valence-corrected chi connectivity index (χ4v) is 5.93. The van der Waals surface area contributed by atoms with Crippen molar-refractivity contribution < 1.29 is 19.1 Å². The fraction of sp³-hybridized carbons (Fsp3) is 0.500. The van der Waals surface area contributed by atoms with Gasteiger partial charge >= 0.3 is 6.03 Å². The summed E-state index contributed by atoms with van der Waals surface area (Å²) in [6.45, 7) is 5.17. The van der Waals surface area contributed by atoms with Crippen molar-refractivity contribution in [3.63, 3.8) is 0 Å². The standard InChI is InChI=1S/C28H34N4O4/c1-17-4-6-19(7-5-17)15-31(18(2)20-8-9-20)24(33)16-32-25-28(36-27(32)35-25)13-12-21-14-22(10-11-23(21)28)30-26(34)29-3/h4-7,10-11,14,18,20,25,27H,8-9,12-13,15-16H2,1-3H3,(H2,29,30,34)/t18-,25?,27?,28+/m0/s1. The van der Waals surface area contributed by atoms with Crippen LogP contribution >= 0.6 is 0 Å². The Morgan fingerprint density at radius 3 is 2.69 bits per heavy atom. The Labute approximate surface area is 211 Å². The van der Waals surface area contributed by atoms with E-state index in [9.17, 15) is 9.59 Å². The van der Waals surface area contributed by atoms with Crippen LogP contribution in [0.5, 0.6) is 0 Å². The predicted octanol–water partition coefficient (Wildman–Crippen LogP) is 3.69. The number of carbonyl (C=O) groups excluding carboxylic acids is 2. The van der Waals surface area contributed by atoms with Crippen molar-refractivity contribution >= 4 is 17.6 Å². The van der Waals surface area contributed by atoms with Gasteiger partial charge in [0.15, 0.2) is 6.23 Å². The highest BCUT2D eigenvalue weighted by Gasteiger charge is 2.66. The van der Waals surface area contributed by atoms with Gasteiger partial charge in [0.1, 0.15) is 5.60 Å². The molecule has 2 aliphatic carbocycles. The van der Waals surface area contributed by atoms with Crippen LogP contribution in [0.1, 0.15) is 48.4 Å². The third-order valence-electron chi connectivity index (χ3n) is 8.25. The van der Waals surface area contributed by atoms with Crippen LogP contribution in [0.4, 0.5) is 10.5 Å². The van der Waals surface area contributed by atoms with Gasteiger partial charge < -0.3 is 25.0 Å². The molecule has 4 fully saturated rings. The number of carbonyl (C=O) groups is 2. The molecule has 0 radical (unpaired) electrons. The predicted molar refractivity (Wildman–Crippen MR) is 135 cm³/mol. The third kappa shape index (κ3) is 3.97. The Kier molecular flexibility index (Phi) is 5.78. The lowest BCUT2D eigenvalue weighted by Gasteiger charge is -2.41. The van der Waals surface area contributed by atoms with Gasteiger partial charge in [0.05, 0.1) is 6.54 Å². The molecule has 3 heterocycles. The van der Waals surface area contributed by atoms with E-state index in [-0.39, 0.29) is 30.8 Å². The van der Waals surface area contributed by atoms with Gasteiger partial charge in [0.25, 0.3) is 0 Å². The van der Waals surface area contributed by atoms with Gasteiger partial charge in [0.2, 0.25) is 12.3 Å². The zero-order valence-corrected chi connectivity index (χ0v) is 21.1. The number of aryl methyl sites for hydroxylation is 2. The number of nitrogens with zero attached hydrogens (tertiary/aromatic N) is 2. The van der Waals surface area contributed by atoms with E-state index in [1.54, 1.807) is 7.05 Å². The number of nitrogens with one attached hydrogen (secondary N) is 2. The molecule has 1 spiro atoms. The monoisotopic (exact) mass is 490 g/mol. The maximum atomic E-state index is 13.7. The fourth-order valence-electron chi connectivity index (χ4n) is 5.93. The summed E-state index contributed by atoms with van der Waals surface area (Å²) in [6, 6.07) is 14.3. The van der Waals surface area contributed by atoms with Gasteiger partial charge in [-0.15, -0.1) is 0 Å². The molecule has 8 nitrogen and oxygen atoms in total. The van der Waals surface area contributed by atoms with Crippen molar-refractivity contribution in [1.82, 2.24) is 15.1 Å². The molecule has 2 unspecified atom stereocenters. The average Bonchev–Trinajstić information content (AvgIpc) is 3.49. The summed E-state index contributed by atoms with van der Waals surface area (Å²) in [6.07, 6.45) is 3.25. The Hall–Kier alpha value is -2.94. The number of benzene rings is 2. The van der Waals surface area contributed by atoms with Crippen molar-refractivity contribution in [2.75, 3.05) is 18.9 Å². The normalized spacial score (nSPS) is 26.9. The summed E-state index contributed by atoms with van der Waals surface area (Å²) < 4.78 is 12.5. The van der Waals surface area contributed by atoms with Gasteiger partial charge in [0, 0.05) is 25.3 Å². The van der Waals surface area contributed by atoms with Crippen LogP contribution in [0, 0.1) is 12.8 Å². The largest absolute Gasteiger partial charge is 0.341 e. The van der Waals surface area contributed by atoms with Crippen LogP contribution in [-0.2, 0) is 32.8 Å². The van der Waals surface area contributed by atoms with Crippen LogP contribution in [0.3, 0.4) is 0 Å². The third-order valence-corrected chi connectivity index (χ3v) is 8.25. The van der Waals surface area contributed by atoms with E-state index < -0.39 is 12.0 Å². The number of fused-ring (bicyclic) bond motifs is 1. The molecule has 36 heavy (non-hydrogen) atoms. The molecule has 4 atom stereocenters. The molecule has 3 saturated heterocycles. The van der Waals surface area contributed by atoms with Gasteiger partial charge in [-0.2, -0.15) is 0 Å². The smallest absolute Gasteiger partial charge is 0.318 e. The first-order valence-electron chi connectivity index (χ1n) is 12.9. The highest BCUT2D eigenvalue weighted by molar-refractivity contribution is 5.89. The van der Waals surface area contributed by atoms with Gasteiger partial charge in [-0.05, 0) is 74.3 Å². The molecule has 190 valence electrons. The van der Waals surface area contributed by atoms with E-state index in [1.165, 1.54) is 18.4 Å². The second-order valence-corrected chi connectivity index (χ2v) is 10.6. The Balaban J connectivity index is 1.17. The first-order chi connectivity index (χ1) is 17.4. The molecule has 8 heteroatoms. The SMILES string of the molecule is CNC(=O)Nc1ccc2c(c1)CC[C@@]21OC2OC1N2CC(=O)N(Cc1ccc(C)cc1)[C@@H](C)C1CC1. The molecular formula is C28H34N4O4. The lowest BCUT2D eigenvalue weighted by molar-refractivity contribution is -0.285. The van der Waals surface area contributed by atoms with Crippen LogP contribution in [0.15, 0.2) is 42.5 Å². The van der Waals surface area contributed by atoms with Crippen LogP contribution < -0.4 is 10.6 Å². The molecule has 7 rings (SSSR count). The first kappa shape index (κ1) is 23.5. The number of amides is 3. The highest BCUT2D eigenvalue weighted by atomic mass is 16.8. The second-order valence-electron chi connectivity index (χ2n) is 10.6. The molecule has 2 bridgehead atoms. The van der Waals surface area contributed by atoms with Gasteiger partial charge in [-0.1, -0.05) is 35.9 Å². The number of rotatable bonds is 7. The quantitative estimate of drug-likeness (QED) is 0.619. The number of hydrogen-bond acceptors (Lipinski definition) is 5. The van der Waals surface area contributed by atoms with Crippen LogP contribution in [0.25, 0.3) is 0 Å². The van der Waals surface area contributed by atoms with Crippen LogP contribution in [0.2, 0.25) is 0 Å². The summed E-state index contributed by atoms with van der Waals surface area (Å²) in [5.41, 5.74) is 4.81. The molecule has 2 N–H and O–H groups in total. The van der Waals surface area contributed by atoms with E-state index in [0.29, 0.717) is 12.5 Å². The van der Waals surface area contributed by atoms with Gasteiger partial charge in [-0.25, -0.2) is 9.69 Å². The zero-order valence-electron chi connectivity index (χ0n) is 21.1. The molecule has 1 saturated carbocycles.